The van der Waals surface area contributed by atoms with Gasteiger partial charge in [0.25, 0.3) is 0 Å². The number of hydrogen-bond acceptors (Lipinski definition) is 3. The SMILES string of the molecule is CCc1cc(Cl)cc(NC(=O)NS(=O)(=O)Cl)c1. The van der Waals surface area contributed by atoms with Gasteiger partial charge >= 0.3 is 15.3 Å². The molecular weight excluding hydrogens is 287 g/mol. The van der Waals surface area contributed by atoms with Gasteiger partial charge in [0.1, 0.15) is 0 Å². The summed E-state index contributed by atoms with van der Waals surface area (Å²) in [6.07, 6.45) is 0.741. The topological polar surface area (TPSA) is 75.3 Å². The van der Waals surface area contributed by atoms with Crippen LogP contribution in [0.3, 0.4) is 0 Å². The third-order valence-electron chi connectivity index (χ3n) is 1.84. The van der Waals surface area contributed by atoms with Gasteiger partial charge in [-0.1, -0.05) is 18.5 Å². The molecule has 0 radical (unpaired) electrons. The molecule has 17 heavy (non-hydrogen) atoms. The molecule has 0 atom stereocenters. The number of halogens is 2. The fourth-order valence-electron chi connectivity index (χ4n) is 1.19. The smallest absolute Gasteiger partial charge is 0.307 e. The van der Waals surface area contributed by atoms with Crippen LogP contribution in [0.4, 0.5) is 10.5 Å². The number of aryl methyl sites for hydroxylation is 1. The molecular formula is C9H10Cl2N2O3S. The second kappa shape index (κ2) is 5.57. The molecule has 5 nitrogen and oxygen atoms in total. The maximum Gasteiger partial charge on any atom is 0.333 e. The first-order valence-electron chi connectivity index (χ1n) is 4.63. The van der Waals surface area contributed by atoms with Crippen molar-refractivity contribution in [3.63, 3.8) is 0 Å². The van der Waals surface area contributed by atoms with Crippen LogP contribution in [0.2, 0.25) is 5.02 Å². The van der Waals surface area contributed by atoms with Gasteiger partial charge in [-0.2, -0.15) is 8.42 Å². The van der Waals surface area contributed by atoms with Crippen LogP contribution >= 0.6 is 22.3 Å². The number of carbonyl (C=O) groups excluding carboxylic acids is 1. The highest BCUT2D eigenvalue weighted by molar-refractivity contribution is 8.12. The van der Waals surface area contributed by atoms with Crippen molar-refractivity contribution in [1.29, 1.82) is 0 Å². The molecule has 2 N–H and O–H groups in total. The van der Waals surface area contributed by atoms with E-state index in [1.807, 2.05) is 6.92 Å². The lowest BCUT2D eigenvalue weighted by Crippen LogP contribution is -2.31. The van der Waals surface area contributed by atoms with E-state index in [9.17, 15) is 13.2 Å². The summed E-state index contributed by atoms with van der Waals surface area (Å²) in [5.74, 6) is 0. The van der Waals surface area contributed by atoms with Gasteiger partial charge in [-0.15, -0.1) is 0 Å². The van der Waals surface area contributed by atoms with Gasteiger partial charge < -0.3 is 5.32 Å². The number of benzene rings is 1. The highest BCUT2D eigenvalue weighted by Crippen LogP contribution is 2.19. The van der Waals surface area contributed by atoms with Crippen LogP contribution in [0, 0.1) is 0 Å². The number of hydrogen-bond donors (Lipinski definition) is 2. The molecule has 94 valence electrons. The van der Waals surface area contributed by atoms with Crippen molar-refractivity contribution in [3.8, 4) is 0 Å². The lowest BCUT2D eigenvalue weighted by Gasteiger charge is -2.07. The molecule has 1 rings (SSSR count). The van der Waals surface area contributed by atoms with Crippen LogP contribution in [0.15, 0.2) is 18.2 Å². The molecule has 0 unspecified atom stereocenters. The summed E-state index contributed by atoms with van der Waals surface area (Å²) >= 11 is 5.83. The van der Waals surface area contributed by atoms with E-state index in [0.717, 1.165) is 12.0 Å². The molecule has 8 heteroatoms. The monoisotopic (exact) mass is 296 g/mol. The standard InChI is InChI=1S/C9H10Cl2N2O3S/c1-2-6-3-7(10)5-8(4-6)12-9(14)13-17(11,15)16/h3-5H,2H2,1H3,(H2,12,13,14). The highest BCUT2D eigenvalue weighted by Gasteiger charge is 2.10. The van der Waals surface area contributed by atoms with E-state index < -0.39 is 15.3 Å². The zero-order valence-electron chi connectivity index (χ0n) is 8.83. The average molecular weight is 297 g/mol. The van der Waals surface area contributed by atoms with Crippen molar-refractivity contribution in [2.45, 2.75) is 13.3 Å². The summed E-state index contributed by atoms with van der Waals surface area (Å²) in [5, 5.41) is 2.77. The Morgan fingerprint density at radius 3 is 2.53 bits per heavy atom. The van der Waals surface area contributed by atoms with Gasteiger partial charge in [0, 0.05) is 21.4 Å². The third-order valence-corrected chi connectivity index (χ3v) is 2.72. The number of urea groups is 1. The van der Waals surface area contributed by atoms with E-state index in [2.05, 4.69) is 5.32 Å². The van der Waals surface area contributed by atoms with Gasteiger partial charge in [-0.25, -0.2) is 9.52 Å². The average Bonchev–Trinajstić information content (AvgIpc) is 2.13. The molecule has 0 heterocycles. The van der Waals surface area contributed by atoms with Crippen LogP contribution in [0.1, 0.15) is 12.5 Å². The molecule has 1 aromatic carbocycles. The summed E-state index contributed by atoms with van der Waals surface area (Å²) < 4.78 is 22.7. The summed E-state index contributed by atoms with van der Waals surface area (Å²) in [4.78, 5) is 11.2. The molecule has 0 saturated heterocycles. The van der Waals surface area contributed by atoms with Gasteiger partial charge in [-0.3, -0.25) is 0 Å². The molecule has 0 spiro atoms. The molecule has 0 aliphatic heterocycles. The maximum atomic E-state index is 11.2. The van der Waals surface area contributed by atoms with E-state index >= 15 is 0 Å². The van der Waals surface area contributed by atoms with Crippen molar-refractivity contribution in [2.75, 3.05) is 5.32 Å². The lowest BCUT2D eigenvalue weighted by molar-refractivity contribution is 0.256. The summed E-state index contributed by atoms with van der Waals surface area (Å²) in [6, 6.07) is 4.00. The minimum absolute atomic E-state index is 0.396. The molecule has 0 aliphatic rings. The first kappa shape index (κ1) is 14.1. The Balaban J connectivity index is 2.81. The fraction of sp³-hybridized carbons (Fsp3) is 0.222. The Hall–Kier alpha value is -0.980. The Bertz CT molecular complexity index is 531. The summed E-state index contributed by atoms with van der Waals surface area (Å²) in [7, 11) is 0.766. The zero-order chi connectivity index (χ0) is 13.1. The number of rotatable bonds is 3. The van der Waals surface area contributed by atoms with Crippen molar-refractivity contribution in [2.24, 2.45) is 0 Å². The van der Waals surface area contributed by atoms with E-state index in [0.29, 0.717) is 10.7 Å². The van der Waals surface area contributed by atoms with E-state index in [1.54, 1.807) is 16.9 Å². The van der Waals surface area contributed by atoms with Crippen molar-refractivity contribution < 1.29 is 13.2 Å². The molecule has 0 aromatic heterocycles. The lowest BCUT2D eigenvalue weighted by atomic mass is 10.1. The van der Waals surface area contributed by atoms with Crippen molar-refractivity contribution in [3.05, 3.63) is 28.8 Å². The normalized spacial score (nSPS) is 11.0. The molecule has 0 fully saturated rings. The van der Waals surface area contributed by atoms with Crippen LogP contribution in [-0.4, -0.2) is 14.4 Å². The van der Waals surface area contributed by atoms with E-state index in [4.69, 9.17) is 22.3 Å². The number of amides is 2. The zero-order valence-corrected chi connectivity index (χ0v) is 11.2. The molecule has 0 aliphatic carbocycles. The highest BCUT2D eigenvalue weighted by atomic mass is 35.7. The molecule has 1 aromatic rings. The quantitative estimate of drug-likeness (QED) is 0.842. The predicted molar refractivity (Wildman–Crippen MR) is 67.8 cm³/mol. The first-order chi connectivity index (χ1) is 7.80. The number of carbonyl (C=O) groups is 1. The molecule has 0 bridgehead atoms. The van der Waals surface area contributed by atoms with E-state index in [-0.39, 0.29) is 0 Å². The Morgan fingerprint density at radius 1 is 1.35 bits per heavy atom. The van der Waals surface area contributed by atoms with Crippen molar-refractivity contribution in [1.82, 2.24) is 4.72 Å². The van der Waals surface area contributed by atoms with Crippen molar-refractivity contribution >= 4 is 43.2 Å². The van der Waals surface area contributed by atoms with Crippen LogP contribution < -0.4 is 10.0 Å². The summed E-state index contributed by atoms with van der Waals surface area (Å²) in [6.45, 7) is 1.93. The molecule has 0 saturated carbocycles. The van der Waals surface area contributed by atoms with Crippen LogP contribution in [0.25, 0.3) is 0 Å². The largest absolute Gasteiger partial charge is 0.333 e. The first-order valence-corrected chi connectivity index (χ1v) is 7.31. The fourth-order valence-corrected chi connectivity index (χ4v) is 1.93. The minimum Gasteiger partial charge on any atom is -0.307 e. The Kier molecular flexibility index (Phi) is 4.62. The second-order valence-corrected chi connectivity index (χ2v) is 5.93. The minimum atomic E-state index is -4.09. The van der Waals surface area contributed by atoms with Crippen LogP contribution in [-0.2, 0) is 15.7 Å². The summed E-state index contributed by atoms with van der Waals surface area (Å²) in [5.41, 5.74) is 1.31. The third kappa shape index (κ3) is 5.25. The van der Waals surface area contributed by atoms with Gasteiger partial charge in [0.05, 0.1) is 0 Å². The van der Waals surface area contributed by atoms with Gasteiger partial charge in [0.15, 0.2) is 0 Å². The number of nitrogens with one attached hydrogen (secondary N) is 2. The predicted octanol–water partition coefficient (Wildman–Crippen LogP) is 2.51. The Labute approximate surface area is 109 Å². The number of anilines is 1. The van der Waals surface area contributed by atoms with Gasteiger partial charge in [0.2, 0.25) is 0 Å². The maximum absolute atomic E-state index is 11.2. The Morgan fingerprint density at radius 2 is 2.00 bits per heavy atom. The van der Waals surface area contributed by atoms with E-state index in [1.165, 1.54) is 6.07 Å². The second-order valence-electron chi connectivity index (χ2n) is 3.20. The molecule has 2 amide bonds. The van der Waals surface area contributed by atoms with Gasteiger partial charge in [-0.05, 0) is 30.2 Å². The van der Waals surface area contributed by atoms with Crippen LogP contribution in [0.5, 0.6) is 0 Å².